The zero-order chi connectivity index (χ0) is 12.4. The van der Waals surface area contributed by atoms with Crippen LogP contribution in [0, 0.1) is 10.1 Å². The standard InChI is InChI=1S/C11H13N3O3/c12-11(15)7-4-5-9(10(6-7)14(16)17)13-8-2-1-3-8/h4-6,8,13H,1-3H2,(H2,12,15). The highest BCUT2D eigenvalue weighted by atomic mass is 16.6. The minimum Gasteiger partial charge on any atom is -0.377 e. The number of hydrogen-bond donors (Lipinski definition) is 2. The van der Waals surface area contributed by atoms with Crippen LogP contribution in [0.5, 0.6) is 0 Å². The second-order valence-electron chi connectivity index (χ2n) is 4.13. The molecule has 0 aromatic heterocycles. The lowest BCUT2D eigenvalue weighted by atomic mass is 9.93. The molecule has 17 heavy (non-hydrogen) atoms. The summed E-state index contributed by atoms with van der Waals surface area (Å²) < 4.78 is 0. The SMILES string of the molecule is NC(=O)c1ccc(NC2CCC2)c([N+](=O)[O-])c1. The number of hydrogen-bond acceptors (Lipinski definition) is 4. The van der Waals surface area contributed by atoms with E-state index < -0.39 is 10.8 Å². The highest BCUT2D eigenvalue weighted by Crippen LogP contribution is 2.30. The van der Waals surface area contributed by atoms with Gasteiger partial charge in [0.05, 0.1) is 4.92 Å². The quantitative estimate of drug-likeness (QED) is 0.612. The molecule has 6 heteroatoms. The second kappa shape index (κ2) is 4.40. The lowest BCUT2D eigenvalue weighted by Crippen LogP contribution is -2.27. The van der Waals surface area contributed by atoms with E-state index in [0.29, 0.717) is 11.7 Å². The molecule has 1 aliphatic carbocycles. The number of amides is 1. The van der Waals surface area contributed by atoms with Crippen LogP contribution in [0.3, 0.4) is 0 Å². The summed E-state index contributed by atoms with van der Waals surface area (Å²) in [5.74, 6) is -0.664. The maximum Gasteiger partial charge on any atom is 0.293 e. The third-order valence-electron chi connectivity index (χ3n) is 2.94. The van der Waals surface area contributed by atoms with Gasteiger partial charge in [-0.1, -0.05) is 0 Å². The molecular formula is C11H13N3O3. The van der Waals surface area contributed by atoms with E-state index in [-0.39, 0.29) is 11.3 Å². The molecule has 1 aliphatic rings. The number of nitrogens with two attached hydrogens (primary N) is 1. The Bertz CT molecular complexity index is 469. The van der Waals surface area contributed by atoms with Crippen LogP contribution in [0.15, 0.2) is 18.2 Å². The van der Waals surface area contributed by atoms with E-state index >= 15 is 0 Å². The smallest absolute Gasteiger partial charge is 0.293 e. The van der Waals surface area contributed by atoms with E-state index in [1.54, 1.807) is 0 Å². The first-order valence-corrected chi connectivity index (χ1v) is 5.42. The van der Waals surface area contributed by atoms with Crippen molar-refractivity contribution in [1.29, 1.82) is 0 Å². The molecule has 1 fully saturated rings. The van der Waals surface area contributed by atoms with Crippen molar-refractivity contribution in [2.24, 2.45) is 5.73 Å². The van der Waals surface area contributed by atoms with Crippen LogP contribution in [0.4, 0.5) is 11.4 Å². The van der Waals surface area contributed by atoms with Gasteiger partial charge >= 0.3 is 0 Å². The zero-order valence-electron chi connectivity index (χ0n) is 9.18. The van der Waals surface area contributed by atoms with Crippen molar-refractivity contribution in [3.8, 4) is 0 Å². The Morgan fingerprint density at radius 2 is 2.18 bits per heavy atom. The fourth-order valence-electron chi connectivity index (χ4n) is 1.73. The molecule has 0 radical (unpaired) electrons. The van der Waals surface area contributed by atoms with E-state index in [1.807, 2.05) is 0 Å². The molecule has 1 amide bonds. The first kappa shape index (κ1) is 11.4. The molecule has 0 aliphatic heterocycles. The molecule has 6 nitrogen and oxygen atoms in total. The molecule has 0 unspecified atom stereocenters. The van der Waals surface area contributed by atoms with Crippen molar-refractivity contribution in [1.82, 2.24) is 0 Å². The molecule has 0 heterocycles. The number of anilines is 1. The number of benzene rings is 1. The maximum absolute atomic E-state index is 11.0. The molecule has 0 spiro atoms. The predicted octanol–water partition coefficient (Wildman–Crippen LogP) is 1.66. The third-order valence-corrected chi connectivity index (χ3v) is 2.94. The molecule has 1 aromatic rings. The van der Waals surface area contributed by atoms with Gasteiger partial charge in [-0.3, -0.25) is 14.9 Å². The van der Waals surface area contributed by atoms with E-state index in [2.05, 4.69) is 5.32 Å². The van der Waals surface area contributed by atoms with Gasteiger partial charge in [0.15, 0.2) is 0 Å². The van der Waals surface area contributed by atoms with E-state index in [9.17, 15) is 14.9 Å². The second-order valence-corrected chi connectivity index (χ2v) is 4.13. The fraction of sp³-hybridized carbons (Fsp3) is 0.364. The molecule has 0 bridgehead atoms. The summed E-state index contributed by atoms with van der Waals surface area (Å²) in [5, 5.41) is 14.0. The Morgan fingerprint density at radius 1 is 1.47 bits per heavy atom. The monoisotopic (exact) mass is 235 g/mol. The average molecular weight is 235 g/mol. The Hall–Kier alpha value is -2.11. The fourth-order valence-corrected chi connectivity index (χ4v) is 1.73. The van der Waals surface area contributed by atoms with Gasteiger partial charge in [0.2, 0.25) is 5.91 Å². The number of primary amides is 1. The number of nitro benzene ring substituents is 1. The summed E-state index contributed by atoms with van der Waals surface area (Å²) >= 11 is 0. The number of carbonyl (C=O) groups is 1. The predicted molar refractivity (Wildman–Crippen MR) is 62.9 cm³/mol. The van der Waals surface area contributed by atoms with Gasteiger partial charge in [0.25, 0.3) is 5.69 Å². The molecule has 0 saturated heterocycles. The summed E-state index contributed by atoms with van der Waals surface area (Å²) in [6.45, 7) is 0. The topological polar surface area (TPSA) is 98.3 Å². The van der Waals surface area contributed by atoms with Gasteiger partial charge in [-0.15, -0.1) is 0 Å². The molecule has 3 N–H and O–H groups in total. The molecule has 1 aromatic carbocycles. The number of carbonyl (C=O) groups excluding carboxylic acids is 1. The summed E-state index contributed by atoms with van der Waals surface area (Å²) in [5.41, 5.74) is 5.58. The van der Waals surface area contributed by atoms with Crippen molar-refractivity contribution in [3.05, 3.63) is 33.9 Å². The summed E-state index contributed by atoms with van der Waals surface area (Å²) in [4.78, 5) is 21.3. The Morgan fingerprint density at radius 3 is 2.65 bits per heavy atom. The summed E-state index contributed by atoms with van der Waals surface area (Å²) in [7, 11) is 0. The van der Waals surface area contributed by atoms with Gasteiger partial charge in [0.1, 0.15) is 5.69 Å². The zero-order valence-corrected chi connectivity index (χ0v) is 9.18. The van der Waals surface area contributed by atoms with Crippen LogP contribution in [0.2, 0.25) is 0 Å². The van der Waals surface area contributed by atoms with Crippen LogP contribution < -0.4 is 11.1 Å². The van der Waals surface area contributed by atoms with Crippen molar-refractivity contribution in [2.75, 3.05) is 5.32 Å². The third kappa shape index (κ3) is 2.35. The highest BCUT2D eigenvalue weighted by Gasteiger charge is 2.22. The van der Waals surface area contributed by atoms with Crippen LogP contribution in [0.25, 0.3) is 0 Å². The van der Waals surface area contributed by atoms with E-state index in [1.165, 1.54) is 18.2 Å². The van der Waals surface area contributed by atoms with Gasteiger partial charge < -0.3 is 11.1 Å². The lowest BCUT2D eigenvalue weighted by molar-refractivity contribution is -0.384. The first-order valence-electron chi connectivity index (χ1n) is 5.42. The van der Waals surface area contributed by atoms with E-state index in [4.69, 9.17) is 5.73 Å². The van der Waals surface area contributed by atoms with Crippen LogP contribution in [0.1, 0.15) is 29.6 Å². The minimum atomic E-state index is -0.664. The lowest BCUT2D eigenvalue weighted by Gasteiger charge is -2.27. The van der Waals surface area contributed by atoms with Crippen LogP contribution >= 0.6 is 0 Å². The van der Waals surface area contributed by atoms with Gasteiger partial charge in [-0.05, 0) is 31.4 Å². The normalized spacial score (nSPS) is 15.1. The number of nitro groups is 1. The molecule has 90 valence electrons. The molecule has 0 atom stereocenters. The van der Waals surface area contributed by atoms with Crippen LogP contribution in [-0.2, 0) is 0 Å². The van der Waals surface area contributed by atoms with E-state index in [0.717, 1.165) is 19.3 Å². The number of rotatable bonds is 4. The van der Waals surface area contributed by atoms with Crippen molar-refractivity contribution < 1.29 is 9.72 Å². The maximum atomic E-state index is 11.0. The average Bonchev–Trinajstić information content (AvgIpc) is 2.23. The Kier molecular flexibility index (Phi) is 2.95. The summed E-state index contributed by atoms with van der Waals surface area (Å²) in [6.07, 6.45) is 3.19. The minimum absolute atomic E-state index is 0.104. The number of nitrogens with one attached hydrogen (secondary N) is 1. The molecular weight excluding hydrogens is 222 g/mol. The van der Waals surface area contributed by atoms with Gasteiger partial charge in [-0.2, -0.15) is 0 Å². The van der Waals surface area contributed by atoms with Crippen molar-refractivity contribution in [3.63, 3.8) is 0 Å². The first-order chi connectivity index (χ1) is 8.08. The molecule has 1 saturated carbocycles. The Balaban J connectivity index is 2.30. The molecule has 2 rings (SSSR count). The van der Waals surface area contributed by atoms with Crippen molar-refractivity contribution >= 4 is 17.3 Å². The largest absolute Gasteiger partial charge is 0.377 e. The number of nitrogens with zero attached hydrogens (tertiary/aromatic N) is 1. The van der Waals surface area contributed by atoms with Gasteiger partial charge in [-0.25, -0.2) is 0 Å². The Labute approximate surface area is 98.0 Å². The van der Waals surface area contributed by atoms with Gasteiger partial charge in [0, 0.05) is 17.7 Å². The summed E-state index contributed by atoms with van der Waals surface area (Å²) in [6, 6.07) is 4.55. The highest BCUT2D eigenvalue weighted by molar-refractivity contribution is 5.94. The van der Waals surface area contributed by atoms with Crippen molar-refractivity contribution in [2.45, 2.75) is 25.3 Å². The van der Waals surface area contributed by atoms with Crippen LogP contribution in [-0.4, -0.2) is 16.9 Å².